The summed E-state index contributed by atoms with van der Waals surface area (Å²) in [5.41, 5.74) is 1.05. The maximum absolute atomic E-state index is 12.1. The molecule has 0 spiro atoms. The van der Waals surface area contributed by atoms with Crippen LogP contribution < -0.4 is 5.56 Å². The van der Waals surface area contributed by atoms with Crippen molar-refractivity contribution in [1.82, 2.24) is 30.0 Å². The maximum atomic E-state index is 12.1. The quantitative estimate of drug-likeness (QED) is 0.811. The highest BCUT2D eigenvalue weighted by molar-refractivity contribution is 5.76. The number of aryl methyl sites for hydroxylation is 2. The fourth-order valence-electron chi connectivity index (χ4n) is 2.09. The summed E-state index contributed by atoms with van der Waals surface area (Å²) in [5.74, 6) is 1.14. The van der Waals surface area contributed by atoms with Crippen LogP contribution in [0.3, 0.4) is 0 Å². The molecule has 0 aromatic carbocycles. The van der Waals surface area contributed by atoms with Gasteiger partial charge in [-0.3, -0.25) is 14.7 Å². The first kappa shape index (κ1) is 14.9. The van der Waals surface area contributed by atoms with Crippen molar-refractivity contribution in [3.05, 3.63) is 39.6 Å². The molecule has 2 heterocycles. The van der Waals surface area contributed by atoms with E-state index in [9.17, 15) is 9.59 Å². The van der Waals surface area contributed by atoms with E-state index in [2.05, 4.69) is 25.1 Å². The number of nitrogens with one attached hydrogen (secondary N) is 2. The van der Waals surface area contributed by atoms with Crippen LogP contribution in [0.15, 0.2) is 11.1 Å². The van der Waals surface area contributed by atoms with E-state index in [4.69, 9.17) is 0 Å². The second kappa shape index (κ2) is 6.29. The van der Waals surface area contributed by atoms with Crippen LogP contribution in [0.1, 0.15) is 29.3 Å². The topological polar surface area (TPSA) is 108 Å². The van der Waals surface area contributed by atoms with Crippen LogP contribution in [0, 0.1) is 13.8 Å². The van der Waals surface area contributed by atoms with Gasteiger partial charge in [0.2, 0.25) is 5.91 Å². The van der Waals surface area contributed by atoms with E-state index in [1.165, 1.54) is 6.33 Å². The van der Waals surface area contributed by atoms with Gasteiger partial charge in [-0.15, -0.1) is 0 Å². The number of hydrogen-bond acceptors (Lipinski definition) is 5. The minimum absolute atomic E-state index is 0.0641. The second-order valence-electron chi connectivity index (χ2n) is 4.90. The number of carbonyl (C=O) groups is 1. The zero-order chi connectivity index (χ0) is 15.4. The third-order valence-corrected chi connectivity index (χ3v) is 3.21. The monoisotopic (exact) mass is 290 g/mol. The molecule has 1 amide bonds. The molecular weight excluding hydrogens is 272 g/mol. The van der Waals surface area contributed by atoms with Crippen LogP contribution in [-0.2, 0) is 17.8 Å². The molecule has 21 heavy (non-hydrogen) atoms. The summed E-state index contributed by atoms with van der Waals surface area (Å²) in [5, 5.41) is 6.43. The first-order chi connectivity index (χ1) is 9.97. The van der Waals surface area contributed by atoms with Gasteiger partial charge in [-0.1, -0.05) is 0 Å². The molecule has 0 aliphatic carbocycles. The number of aromatic amines is 2. The van der Waals surface area contributed by atoms with Crippen LogP contribution in [0.4, 0.5) is 0 Å². The van der Waals surface area contributed by atoms with Crippen molar-refractivity contribution < 1.29 is 4.79 Å². The molecule has 0 saturated carbocycles. The highest BCUT2D eigenvalue weighted by Gasteiger charge is 2.13. The smallest absolute Gasteiger partial charge is 0.254 e. The molecule has 0 atom stereocenters. The summed E-state index contributed by atoms with van der Waals surface area (Å²) in [6.07, 6.45) is 2.02. The molecule has 112 valence electrons. The van der Waals surface area contributed by atoms with Crippen molar-refractivity contribution in [2.24, 2.45) is 0 Å². The van der Waals surface area contributed by atoms with E-state index < -0.39 is 0 Å². The maximum Gasteiger partial charge on any atom is 0.254 e. The first-order valence-electron chi connectivity index (χ1n) is 6.62. The summed E-state index contributed by atoms with van der Waals surface area (Å²) < 4.78 is 0. The van der Waals surface area contributed by atoms with Gasteiger partial charge in [-0.05, 0) is 20.3 Å². The molecule has 0 saturated heterocycles. The van der Waals surface area contributed by atoms with Crippen molar-refractivity contribution in [3.8, 4) is 0 Å². The number of carbonyl (C=O) groups excluding carboxylic acids is 1. The Bertz CT molecular complexity index is 676. The van der Waals surface area contributed by atoms with Crippen LogP contribution in [0.25, 0.3) is 0 Å². The first-order valence-corrected chi connectivity index (χ1v) is 6.62. The summed E-state index contributed by atoms with van der Waals surface area (Å²) in [4.78, 5) is 36.3. The van der Waals surface area contributed by atoms with E-state index in [1.807, 2.05) is 0 Å². The van der Waals surface area contributed by atoms with Crippen LogP contribution in [0.5, 0.6) is 0 Å². The third kappa shape index (κ3) is 3.74. The lowest BCUT2D eigenvalue weighted by molar-refractivity contribution is -0.130. The SMILES string of the molecule is Cc1nc(C)c(CCC(=O)N(C)Cc2ncn[nH]2)c(=O)[nH]1. The van der Waals surface area contributed by atoms with Crippen LogP contribution in [-0.4, -0.2) is 43.0 Å². The number of aromatic nitrogens is 5. The van der Waals surface area contributed by atoms with Crippen molar-refractivity contribution in [2.45, 2.75) is 33.2 Å². The zero-order valence-corrected chi connectivity index (χ0v) is 12.3. The molecule has 2 rings (SSSR count). The van der Waals surface area contributed by atoms with Crippen molar-refractivity contribution in [3.63, 3.8) is 0 Å². The Balaban J connectivity index is 1.96. The fourth-order valence-corrected chi connectivity index (χ4v) is 2.09. The minimum Gasteiger partial charge on any atom is -0.338 e. The molecular formula is C13H18N6O2. The van der Waals surface area contributed by atoms with Gasteiger partial charge in [0.25, 0.3) is 5.56 Å². The summed E-state index contributed by atoms with van der Waals surface area (Å²) in [7, 11) is 1.69. The Morgan fingerprint density at radius 3 is 2.76 bits per heavy atom. The van der Waals surface area contributed by atoms with Gasteiger partial charge >= 0.3 is 0 Å². The van der Waals surface area contributed by atoms with Crippen molar-refractivity contribution in [2.75, 3.05) is 7.05 Å². The van der Waals surface area contributed by atoms with Gasteiger partial charge in [0.05, 0.1) is 6.54 Å². The van der Waals surface area contributed by atoms with E-state index in [0.717, 1.165) is 0 Å². The molecule has 0 aliphatic heterocycles. The Morgan fingerprint density at radius 2 is 2.14 bits per heavy atom. The number of rotatable bonds is 5. The lowest BCUT2D eigenvalue weighted by atomic mass is 10.1. The van der Waals surface area contributed by atoms with Gasteiger partial charge in [0.1, 0.15) is 18.0 Å². The molecule has 0 bridgehead atoms. The third-order valence-electron chi connectivity index (χ3n) is 3.21. The highest BCUT2D eigenvalue weighted by atomic mass is 16.2. The van der Waals surface area contributed by atoms with Crippen molar-refractivity contribution in [1.29, 1.82) is 0 Å². The Hall–Kier alpha value is -2.51. The highest BCUT2D eigenvalue weighted by Crippen LogP contribution is 2.05. The summed E-state index contributed by atoms with van der Waals surface area (Å²) >= 11 is 0. The normalized spacial score (nSPS) is 10.6. The molecule has 2 aromatic rings. The molecule has 0 unspecified atom stereocenters. The van der Waals surface area contributed by atoms with Gasteiger partial charge in [-0.2, -0.15) is 5.10 Å². The molecule has 0 radical (unpaired) electrons. The lowest BCUT2D eigenvalue weighted by Gasteiger charge is -2.15. The van der Waals surface area contributed by atoms with Crippen molar-refractivity contribution >= 4 is 5.91 Å². The Labute approximate surface area is 121 Å². The fraction of sp³-hybridized carbons (Fsp3) is 0.462. The standard InChI is InChI=1S/C13H18N6O2/c1-8-10(13(21)17-9(2)16-8)4-5-12(20)19(3)6-11-14-7-15-18-11/h7H,4-6H2,1-3H3,(H,14,15,18)(H,16,17,21). The number of nitrogens with zero attached hydrogens (tertiary/aromatic N) is 4. The zero-order valence-electron chi connectivity index (χ0n) is 12.3. The predicted molar refractivity (Wildman–Crippen MR) is 75.5 cm³/mol. The van der Waals surface area contributed by atoms with Gasteiger partial charge < -0.3 is 9.88 Å². The predicted octanol–water partition coefficient (Wildman–Crippen LogP) is 0.0960. The second-order valence-corrected chi connectivity index (χ2v) is 4.90. The van der Waals surface area contributed by atoms with Gasteiger partial charge in [-0.25, -0.2) is 9.97 Å². The molecule has 0 aliphatic rings. The molecule has 2 aromatic heterocycles. The minimum atomic E-state index is -0.175. The summed E-state index contributed by atoms with van der Waals surface area (Å²) in [6.45, 7) is 3.87. The number of H-pyrrole nitrogens is 2. The number of amides is 1. The molecule has 2 N–H and O–H groups in total. The molecule has 8 heteroatoms. The van der Waals surface area contributed by atoms with E-state index in [1.54, 1.807) is 25.8 Å². The molecule has 0 fully saturated rings. The average molecular weight is 290 g/mol. The van der Waals surface area contributed by atoms with E-state index in [0.29, 0.717) is 35.9 Å². The van der Waals surface area contributed by atoms with Gasteiger partial charge in [0, 0.05) is 24.7 Å². The molecule has 8 nitrogen and oxygen atoms in total. The number of hydrogen-bond donors (Lipinski definition) is 2. The van der Waals surface area contributed by atoms with Crippen LogP contribution in [0.2, 0.25) is 0 Å². The average Bonchev–Trinajstić information content (AvgIpc) is 2.89. The van der Waals surface area contributed by atoms with Gasteiger partial charge in [0.15, 0.2) is 0 Å². The van der Waals surface area contributed by atoms with E-state index in [-0.39, 0.29) is 17.9 Å². The Kier molecular flexibility index (Phi) is 4.46. The summed E-state index contributed by atoms with van der Waals surface area (Å²) in [6, 6.07) is 0. The van der Waals surface area contributed by atoms with Crippen LogP contribution >= 0.6 is 0 Å². The lowest BCUT2D eigenvalue weighted by Crippen LogP contribution is -2.28. The van der Waals surface area contributed by atoms with E-state index >= 15 is 0 Å². The largest absolute Gasteiger partial charge is 0.338 e. The Morgan fingerprint density at radius 1 is 1.38 bits per heavy atom.